The van der Waals surface area contributed by atoms with Gasteiger partial charge in [0.05, 0.1) is 18.1 Å². The molecule has 1 N–H and O–H groups in total. The van der Waals surface area contributed by atoms with E-state index in [0.29, 0.717) is 46.9 Å². The molecule has 9 nitrogen and oxygen atoms in total. The molecule has 0 aliphatic rings. The summed E-state index contributed by atoms with van der Waals surface area (Å²) in [7, 11) is 0. The molecule has 0 fully saturated rings. The van der Waals surface area contributed by atoms with Gasteiger partial charge < -0.3 is 4.90 Å². The lowest BCUT2D eigenvalue weighted by Crippen LogP contribution is -2.38. The third-order valence-corrected chi connectivity index (χ3v) is 8.54. The summed E-state index contributed by atoms with van der Waals surface area (Å²) in [4.78, 5) is 28.6. The number of amides is 2. The molecule has 0 saturated carbocycles. The van der Waals surface area contributed by atoms with E-state index in [4.69, 9.17) is 11.6 Å². The van der Waals surface area contributed by atoms with Crippen molar-refractivity contribution >= 4 is 34.1 Å². The van der Waals surface area contributed by atoms with Gasteiger partial charge in [0.1, 0.15) is 27.5 Å². The van der Waals surface area contributed by atoms with E-state index >= 15 is 0 Å². The summed E-state index contributed by atoms with van der Waals surface area (Å²) in [6.07, 6.45) is 7.57. The first-order valence-corrected chi connectivity index (χ1v) is 15.6. The molecule has 232 valence electrons. The van der Waals surface area contributed by atoms with Gasteiger partial charge in [-0.1, -0.05) is 64.5 Å². The molecule has 0 atom stereocenters. The number of rotatable bonds is 11. The van der Waals surface area contributed by atoms with Gasteiger partial charge in [-0.3, -0.25) is 5.32 Å². The maximum absolute atomic E-state index is 13.8. The Labute approximate surface area is 272 Å². The molecule has 3 aromatic heterocycles. The number of carbonyl (C=O) groups is 1. The molecule has 3 aromatic carbocycles. The third-order valence-electron chi connectivity index (χ3n) is 7.37. The SMILES string of the molecule is O=C(Nc1nc(-c2ccc(-n3ccnn3)cc2)c(Cl)s1)N(CCc1ncccn1)CCC(c1ccc(F)cc1)c1ccc(F)cc1. The van der Waals surface area contributed by atoms with Crippen LogP contribution in [0.4, 0.5) is 18.7 Å². The Kier molecular flexibility index (Phi) is 9.65. The molecule has 0 aliphatic carbocycles. The largest absolute Gasteiger partial charge is 0.324 e. The summed E-state index contributed by atoms with van der Waals surface area (Å²) in [6.45, 7) is 0.652. The van der Waals surface area contributed by atoms with Crippen LogP contribution in [0.15, 0.2) is 104 Å². The van der Waals surface area contributed by atoms with Crippen LogP contribution in [-0.4, -0.2) is 54.0 Å². The van der Waals surface area contributed by atoms with Gasteiger partial charge in [-0.2, -0.15) is 0 Å². The first kappa shape index (κ1) is 30.9. The van der Waals surface area contributed by atoms with Gasteiger partial charge in [0.25, 0.3) is 0 Å². The monoisotopic (exact) mass is 656 g/mol. The van der Waals surface area contributed by atoms with Crippen LogP contribution in [-0.2, 0) is 6.42 Å². The maximum Gasteiger partial charge on any atom is 0.323 e. The fraction of sp³-hybridized carbons (Fsp3) is 0.152. The second-order valence-corrected chi connectivity index (χ2v) is 11.9. The number of nitrogens with one attached hydrogen (secondary N) is 1. The highest BCUT2D eigenvalue weighted by Crippen LogP contribution is 2.36. The van der Waals surface area contributed by atoms with Crippen molar-refractivity contribution in [3.05, 3.63) is 137 Å². The average Bonchev–Trinajstić information content (AvgIpc) is 3.75. The molecule has 13 heteroatoms. The lowest BCUT2D eigenvalue weighted by atomic mass is 9.88. The Morgan fingerprint density at radius 1 is 0.891 bits per heavy atom. The molecule has 0 unspecified atom stereocenters. The Bertz CT molecular complexity index is 1830. The topological polar surface area (TPSA) is 102 Å². The van der Waals surface area contributed by atoms with Gasteiger partial charge in [0, 0.05) is 43.4 Å². The van der Waals surface area contributed by atoms with Crippen molar-refractivity contribution in [2.45, 2.75) is 18.8 Å². The van der Waals surface area contributed by atoms with Crippen molar-refractivity contribution in [1.82, 2.24) is 34.8 Å². The first-order chi connectivity index (χ1) is 22.4. The molecular weight excluding hydrogens is 630 g/mol. The van der Waals surface area contributed by atoms with Gasteiger partial charge in [-0.15, -0.1) is 5.10 Å². The normalized spacial score (nSPS) is 11.1. The fourth-order valence-corrected chi connectivity index (χ4v) is 6.11. The number of hydrogen-bond acceptors (Lipinski definition) is 7. The van der Waals surface area contributed by atoms with Crippen LogP contribution in [0.2, 0.25) is 4.34 Å². The predicted octanol–water partition coefficient (Wildman–Crippen LogP) is 7.41. The van der Waals surface area contributed by atoms with Crippen LogP contribution < -0.4 is 5.32 Å². The number of aromatic nitrogens is 6. The summed E-state index contributed by atoms with van der Waals surface area (Å²) >= 11 is 7.74. The molecule has 0 saturated heterocycles. The molecule has 2 amide bonds. The van der Waals surface area contributed by atoms with Crippen molar-refractivity contribution in [2.24, 2.45) is 0 Å². The van der Waals surface area contributed by atoms with Crippen LogP contribution in [0, 0.1) is 11.6 Å². The van der Waals surface area contributed by atoms with Gasteiger partial charge in [0.15, 0.2) is 5.13 Å². The maximum atomic E-state index is 13.8. The lowest BCUT2D eigenvalue weighted by molar-refractivity contribution is 0.210. The molecule has 46 heavy (non-hydrogen) atoms. The van der Waals surface area contributed by atoms with Crippen molar-refractivity contribution in [2.75, 3.05) is 18.4 Å². The molecule has 6 rings (SSSR count). The van der Waals surface area contributed by atoms with Crippen molar-refractivity contribution < 1.29 is 13.6 Å². The summed E-state index contributed by atoms with van der Waals surface area (Å²) < 4.78 is 29.6. The van der Waals surface area contributed by atoms with E-state index < -0.39 is 0 Å². The number of hydrogen-bond donors (Lipinski definition) is 1. The Balaban J connectivity index is 1.21. The quantitative estimate of drug-likeness (QED) is 0.156. The lowest BCUT2D eigenvalue weighted by Gasteiger charge is -2.26. The number of urea groups is 1. The zero-order valence-electron chi connectivity index (χ0n) is 24.3. The molecule has 0 bridgehead atoms. The predicted molar refractivity (Wildman–Crippen MR) is 173 cm³/mol. The number of nitrogens with zero attached hydrogens (tertiary/aromatic N) is 7. The Hall–Kier alpha value is -5.07. The van der Waals surface area contributed by atoms with Crippen LogP contribution in [0.3, 0.4) is 0 Å². The fourth-order valence-electron chi connectivity index (χ4n) is 5.03. The minimum absolute atomic E-state index is 0.217. The Morgan fingerprint density at radius 3 is 2.15 bits per heavy atom. The molecule has 3 heterocycles. The molecule has 6 aromatic rings. The molecule has 0 aliphatic heterocycles. The minimum Gasteiger partial charge on any atom is -0.324 e. The zero-order valence-corrected chi connectivity index (χ0v) is 25.9. The van der Waals surface area contributed by atoms with E-state index in [-0.39, 0.29) is 23.6 Å². The van der Waals surface area contributed by atoms with Crippen molar-refractivity contribution in [3.63, 3.8) is 0 Å². The van der Waals surface area contributed by atoms with E-state index in [1.165, 1.54) is 24.3 Å². The summed E-state index contributed by atoms with van der Waals surface area (Å²) in [5.74, 6) is -0.315. The highest BCUT2D eigenvalue weighted by molar-refractivity contribution is 7.20. The average molecular weight is 657 g/mol. The van der Waals surface area contributed by atoms with E-state index in [0.717, 1.165) is 33.7 Å². The van der Waals surface area contributed by atoms with E-state index in [2.05, 4.69) is 30.6 Å². The van der Waals surface area contributed by atoms with E-state index in [1.54, 1.807) is 64.7 Å². The first-order valence-electron chi connectivity index (χ1n) is 14.4. The van der Waals surface area contributed by atoms with Gasteiger partial charge in [-0.05, 0) is 60.0 Å². The van der Waals surface area contributed by atoms with Crippen LogP contribution in [0.1, 0.15) is 29.3 Å². The van der Waals surface area contributed by atoms with Gasteiger partial charge in [0.2, 0.25) is 0 Å². The van der Waals surface area contributed by atoms with Gasteiger partial charge >= 0.3 is 6.03 Å². The number of thiazole rings is 1. The molecule has 0 spiro atoms. The van der Waals surface area contributed by atoms with Gasteiger partial charge in [-0.25, -0.2) is 33.2 Å². The summed E-state index contributed by atoms with van der Waals surface area (Å²) in [6, 6.07) is 21.3. The van der Waals surface area contributed by atoms with Crippen molar-refractivity contribution in [3.8, 4) is 16.9 Å². The number of carbonyl (C=O) groups excluding carboxylic acids is 1. The Morgan fingerprint density at radius 2 is 1.54 bits per heavy atom. The van der Waals surface area contributed by atoms with Crippen molar-refractivity contribution in [1.29, 1.82) is 0 Å². The highest BCUT2D eigenvalue weighted by atomic mass is 35.5. The number of halogens is 3. The molecular formula is C33H27ClF2N8OS. The van der Waals surface area contributed by atoms with Crippen LogP contribution in [0.25, 0.3) is 16.9 Å². The standard InChI is InChI=1S/C33H27ClF2N8OS/c34-31-30(24-6-12-27(13-7-24)44-21-18-39-42-44)40-32(46-31)41-33(45)43(20-15-29-37-16-1-17-38-29)19-14-28(22-2-8-25(35)9-3-22)23-4-10-26(36)11-5-23/h1-13,16-18,21,28H,14-15,19-20H2,(H,40,41,45). The second kappa shape index (κ2) is 14.4. The highest BCUT2D eigenvalue weighted by Gasteiger charge is 2.22. The number of anilines is 1. The minimum atomic E-state index is -0.369. The van der Waals surface area contributed by atoms with E-state index in [9.17, 15) is 13.6 Å². The number of benzene rings is 3. The van der Waals surface area contributed by atoms with E-state index in [1.807, 2.05) is 24.3 Å². The summed E-state index contributed by atoms with van der Waals surface area (Å²) in [5, 5.41) is 11.1. The zero-order chi connectivity index (χ0) is 31.9. The van der Waals surface area contributed by atoms with Crippen LogP contribution in [0.5, 0.6) is 0 Å². The third kappa shape index (κ3) is 7.59. The smallest absolute Gasteiger partial charge is 0.323 e. The van der Waals surface area contributed by atoms with Crippen LogP contribution >= 0.6 is 22.9 Å². The second-order valence-electron chi connectivity index (χ2n) is 10.3. The summed E-state index contributed by atoms with van der Waals surface area (Å²) in [5.41, 5.74) is 3.87. The molecule has 0 radical (unpaired) electrons.